The first-order chi connectivity index (χ1) is 38.4. The monoisotopic (exact) mass is 1210 g/mol. The van der Waals surface area contributed by atoms with Crippen LogP contribution in [0.5, 0.6) is 0 Å². The molecule has 2 saturated carbocycles. The maximum Gasteiger partial charge on any atom is 0.342 e. The van der Waals surface area contributed by atoms with Crippen LogP contribution in [0.15, 0.2) is 10.7 Å². The number of hydrogen-bond donors (Lipinski definition) is 5. The number of carboxylic acids is 2. The summed E-state index contributed by atoms with van der Waals surface area (Å²) in [6, 6.07) is 0. The summed E-state index contributed by atoms with van der Waals surface area (Å²) in [5.74, 6) is -6.03. The van der Waals surface area contributed by atoms with Gasteiger partial charge in [0.2, 0.25) is 11.8 Å². The number of esters is 3. The number of allylic oxidation sites excluding steroid dienone is 1. The van der Waals surface area contributed by atoms with E-state index in [0.717, 1.165) is 25.7 Å². The van der Waals surface area contributed by atoms with Gasteiger partial charge in [-0.1, -0.05) is 132 Å². The lowest BCUT2D eigenvalue weighted by Gasteiger charge is -2.50. The van der Waals surface area contributed by atoms with Gasteiger partial charge < -0.3 is 40.0 Å². The first kappa shape index (κ1) is 72.2. The molecule has 0 radical (unpaired) electrons. The molecule has 0 spiro atoms. The van der Waals surface area contributed by atoms with Crippen LogP contribution in [0.2, 0.25) is 0 Å². The average Bonchev–Trinajstić information content (AvgIpc) is 3.54. The number of amidine groups is 1. The van der Waals surface area contributed by atoms with Crippen molar-refractivity contribution in [3.05, 3.63) is 22.5 Å². The zero-order valence-electron chi connectivity index (χ0n) is 55.3. The molecule has 0 saturated heterocycles. The van der Waals surface area contributed by atoms with Gasteiger partial charge in [-0.3, -0.25) is 28.8 Å². The Morgan fingerprint density at radius 2 is 1.18 bits per heavy atom. The Bertz CT molecular complexity index is 2530. The van der Waals surface area contributed by atoms with Crippen molar-refractivity contribution in [3.63, 3.8) is 0 Å². The molecule has 5 N–H and O–H groups in total. The van der Waals surface area contributed by atoms with Crippen molar-refractivity contribution < 1.29 is 58.0 Å². The first-order valence-electron chi connectivity index (χ1n) is 30.9. The number of hydrogen-bond acceptors (Lipinski definition) is 13. The molecule has 1 aromatic heterocycles. The SMILES string of the molecule is CCC(C)(C)C(=O)OCCCSC(C)C(=O)NC1=NC(=Cc2[nH]c(NC(=O)C(C)SC(CC(=O)O)C(=O)O)c(C(=O)OC3C(C(C)(C)C)CC(C)CC3C(C)(C)C)c2C(C)C)C(C(C)C)C1C(=O)OC1C(C(C)(C)C)CC(C)CC1C(C)(C)C. The molecule has 2 amide bonds. The van der Waals surface area contributed by atoms with Crippen LogP contribution in [0, 0.1) is 80.3 Å². The zero-order chi connectivity index (χ0) is 64.1. The third-order valence-electron chi connectivity index (χ3n) is 18.1. The molecule has 1 aromatic rings. The van der Waals surface area contributed by atoms with Crippen molar-refractivity contribution in [2.75, 3.05) is 17.7 Å². The Labute approximate surface area is 512 Å². The maximum absolute atomic E-state index is 15.6. The Kier molecular flexibility index (Phi) is 24.6. The quantitative estimate of drug-likeness (QED) is 0.0412. The van der Waals surface area contributed by atoms with E-state index < -0.39 is 81.4 Å². The summed E-state index contributed by atoms with van der Waals surface area (Å²) in [6.07, 6.45) is 4.73. The number of aliphatic carboxylic acids is 2. The van der Waals surface area contributed by atoms with Crippen molar-refractivity contribution in [1.82, 2.24) is 10.3 Å². The van der Waals surface area contributed by atoms with E-state index >= 15 is 9.59 Å². The lowest BCUT2D eigenvalue weighted by Crippen LogP contribution is -2.51. The number of aromatic nitrogens is 1. The van der Waals surface area contributed by atoms with Gasteiger partial charge >= 0.3 is 29.8 Å². The number of H-pyrrole nitrogens is 1. The lowest BCUT2D eigenvalue weighted by atomic mass is 9.59. The molecule has 476 valence electrons. The summed E-state index contributed by atoms with van der Waals surface area (Å²) in [6.45, 7) is 47.7. The summed E-state index contributed by atoms with van der Waals surface area (Å²) in [5.41, 5.74) is -0.0912. The first-order valence-corrected chi connectivity index (χ1v) is 32.9. The van der Waals surface area contributed by atoms with Gasteiger partial charge in [0.1, 0.15) is 40.6 Å². The van der Waals surface area contributed by atoms with Crippen LogP contribution in [-0.2, 0) is 43.0 Å². The fourth-order valence-corrected chi connectivity index (χ4v) is 14.6. The maximum atomic E-state index is 15.6. The summed E-state index contributed by atoms with van der Waals surface area (Å²) in [5, 5.41) is 22.4. The van der Waals surface area contributed by atoms with Gasteiger partial charge in [-0.2, -0.15) is 0 Å². The third-order valence-corrected chi connectivity index (χ3v) is 20.6. The molecule has 1 aliphatic heterocycles. The van der Waals surface area contributed by atoms with Crippen molar-refractivity contribution in [2.24, 2.45) is 85.3 Å². The number of carboxylic acid groups (broad SMARTS) is 2. The van der Waals surface area contributed by atoms with Gasteiger partial charge in [-0.25, -0.2) is 9.79 Å². The topological polar surface area (TPSA) is 240 Å². The molecule has 9 unspecified atom stereocenters. The Morgan fingerprint density at radius 1 is 0.702 bits per heavy atom. The highest BCUT2D eigenvalue weighted by Gasteiger charge is 2.52. The fraction of sp³-hybridized carbons (Fsp3) is 0.788. The Morgan fingerprint density at radius 3 is 1.61 bits per heavy atom. The molecule has 2 heterocycles. The minimum absolute atomic E-state index is 0.0112. The average molecular weight is 1210 g/mol. The summed E-state index contributed by atoms with van der Waals surface area (Å²) in [7, 11) is 0. The highest BCUT2D eigenvalue weighted by Crippen LogP contribution is 2.52. The predicted octanol–water partition coefficient (Wildman–Crippen LogP) is 14.3. The molecular formula is C66H108N4O12S2. The molecule has 9 atom stereocenters. The van der Waals surface area contributed by atoms with Gasteiger partial charge in [0, 0.05) is 41.0 Å². The van der Waals surface area contributed by atoms with Crippen LogP contribution in [-0.4, -0.2) is 103 Å². The van der Waals surface area contributed by atoms with Crippen molar-refractivity contribution in [3.8, 4) is 0 Å². The molecule has 0 aromatic carbocycles. The number of nitrogens with zero attached hydrogens (tertiary/aromatic N) is 1. The van der Waals surface area contributed by atoms with Crippen molar-refractivity contribution in [1.29, 1.82) is 0 Å². The molecule has 0 bridgehead atoms. The van der Waals surface area contributed by atoms with E-state index in [4.69, 9.17) is 19.2 Å². The second-order valence-corrected chi connectivity index (χ2v) is 33.4. The molecule has 2 fully saturated rings. The minimum atomic E-state index is -1.43. The normalized spacial score (nSPS) is 26.1. The van der Waals surface area contributed by atoms with Gasteiger partial charge in [0.05, 0.1) is 28.9 Å². The summed E-state index contributed by atoms with van der Waals surface area (Å²) in [4.78, 5) is 105. The van der Waals surface area contributed by atoms with Crippen LogP contribution in [0.1, 0.15) is 232 Å². The second kappa shape index (κ2) is 28.7. The molecule has 18 heteroatoms. The van der Waals surface area contributed by atoms with E-state index in [9.17, 15) is 34.2 Å². The van der Waals surface area contributed by atoms with E-state index in [1.807, 2.05) is 48.5 Å². The fourth-order valence-electron chi connectivity index (χ4n) is 12.7. The largest absolute Gasteiger partial charge is 0.481 e. The minimum Gasteiger partial charge on any atom is -0.481 e. The Balaban J connectivity index is 1.97. The van der Waals surface area contributed by atoms with Gasteiger partial charge in [0.15, 0.2) is 0 Å². The van der Waals surface area contributed by atoms with Crippen LogP contribution >= 0.6 is 23.5 Å². The van der Waals surface area contributed by atoms with E-state index in [-0.39, 0.29) is 92.9 Å². The zero-order valence-corrected chi connectivity index (χ0v) is 57.0. The van der Waals surface area contributed by atoms with Crippen LogP contribution in [0.3, 0.4) is 0 Å². The van der Waals surface area contributed by atoms with Crippen LogP contribution in [0.25, 0.3) is 6.08 Å². The summed E-state index contributed by atoms with van der Waals surface area (Å²) >= 11 is 2.09. The van der Waals surface area contributed by atoms with E-state index in [0.29, 0.717) is 59.1 Å². The second-order valence-electron chi connectivity index (χ2n) is 30.4. The van der Waals surface area contributed by atoms with E-state index in [1.54, 1.807) is 13.0 Å². The van der Waals surface area contributed by atoms with E-state index in [2.05, 4.69) is 113 Å². The van der Waals surface area contributed by atoms with Crippen molar-refractivity contribution >= 4 is 82.9 Å². The number of anilines is 1. The molecular weight excluding hydrogens is 1100 g/mol. The highest BCUT2D eigenvalue weighted by atomic mass is 32.2. The molecule has 2 aliphatic carbocycles. The number of carbonyl (C=O) groups excluding carboxylic acids is 5. The smallest absolute Gasteiger partial charge is 0.342 e. The van der Waals surface area contributed by atoms with Crippen LogP contribution in [0.4, 0.5) is 5.82 Å². The molecule has 4 rings (SSSR count). The Hall–Kier alpha value is -4.32. The van der Waals surface area contributed by atoms with E-state index in [1.165, 1.54) is 18.7 Å². The lowest BCUT2D eigenvalue weighted by molar-refractivity contribution is -0.173. The number of aliphatic imine (C=N–C) groups is 1. The van der Waals surface area contributed by atoms with Gasteiger partial charge in [-0.15, -0.1) is 23.5 Å². The number of thioether (sulfide) groups is 2. The highest BCUT2D eigenvalue weighted by molar-refractivity contribution is 8.01. The van der Waals surface area contributed by atoms with Crippen molar-refractivity contribution in [2.45, 2.75) is 238 Å². The third kappa shape index (κ3) is 18.6. The van der Waals surface area contributed by atoms with Gasteiger partial charge in [0.25, 0.3) is 0 Å². The number of nitrogens with one attached hydrogen (secondary N) is 3. The predicted molar refractivity (Wildman–Crippen MR) is 339 cm³/mol. The van der Waals surface area contributed by atoms with Gasteiger partial charge in [-0.05, 0) is 129 Å². The summed E-state index contributed by atoms with van der Waals surface area (Å²) < 4.78 is 19.4. The molecule has 3 aliphatic rings. The number of ether oxygens (including phenoxy) is 3. The van der Waals surface area contributed by atoms with Crippen LogP contribution < -0.4 is 10.6 Å². The number of amides is 2. The molecule has 84 heavy (non-hydrogen) atoms. The number of aromatic amines is 1. The number of rotatable bonds is 22. The standard InChI is InChI=1S/C66H108N4O12S2/c1-24-66(22,23)61(79)80-26-25-27-83-38(8)56(73)69-54-50(59(77)81-52-40(62(10,11)12)28-36(6)29-41(52)63(13,14)15)48(34(2)3)44(67-54)32-45-49(35(4)5)51(55(68-45)70-57(74)39(9)84-46(58(75)76)33-47(71)72)60(78)82-53-42(64(16,17)18)30-37(7)31-43(53)65(19,20)21/h32,34-43,46,48,50,52-53,68H,24-31,33H2,1-23H3,(H,70,74)(H,71,72)(H,75,76)(H,67,69,73). The number of carbonyl (C=O) groups is 7. The molecule has 16 nitrogen and oxygen atoms in total.